The van der Waals surface area contributed by atoms with Gasteiger partial charge < -0.3 is 5.11 Å². The van der Waals surface area contributed by atoms with Crippen LogP contribution >= 0.6 is 23.2 Å². The van der Waals surface area contributed by atoms with E-state index in [9.17, 15) is 14.7 Å². The van der Waals surface area contributed by atoms with Gasteiger partial charge in [-0.3, -0.25) is 14.5 Å². The van der Waals surface area contributed by atoms with Gasteiger partial charge in [0.1, 0.15) is 5.76 Å². The Balaban J connectivity index is 1.99. The summed E-state index contributed by atoms with van der Waals surface area (Å²) in [5.74, 6) is -1.79. The first kappa shape index (κ1) is 19.2. The second kappa shape index (κ2) is 7.74. The number of hydrogen-bond acceptors (Lipinski definition) is 3. The summed E-state index contributed by atoms with van der Waals surface area (Å²) in [7, 11) is 0. The summed E-state index contributed by atoms with van der Waals surface area (Å²) in [6.07, 6.45) is 0. The van der Waals surface area contributed by atoms with E-state index in [2.05, 4.69) is 0 Å². The average Bonchev–Trinajstić information content (AvgIpc) is 2.99. The van der Waals surface area contributed by atoms with Crippen LogP contribution in [0.25, 0.3) is 5.76 Å². The van der Waals surface area contributed by atoms with Crippen LogP contribution in [0.3, 0.4) is 0 Å². The first-order valence-electron chi connectivity index (χ1n) is 8.85. The van der Waals surface area contributed by atoms with E-state index in [1.54, 1.807) is 78.9 Å². The lowest BCUT2D eigenvalue weighted by Gasteiger charge is -2.26. The van der Waals surface area contributed by atoms with Crippen molar-refractivity contribution in [1.82, 2.24) is 0 Å². The Morgan fingerprint density at radius 2 is 1.55 bits per heavy atom. The van der Waals surface area contributed by atoms with Crippen LogP contribution < -0.4 is 4.90 Å². The van der Waals surface area contributed by atoms with Crippen molar-refractivity contribution in [2.24, 2.45) is 0 Å². The Hall–Kier alpha value is -3.08. The third-order valence-electron chi connectivity index (χ3n) is 4.78. The molecule has 3 aromatic rings. The molecule has 0 aromatic heterocycles. The summed E-state index contributed by atoms with van der Waals surface area (Å²) in [4.78, 5) is 27.3. The highest BCUT2D eigenvalue weighted by Crippen LogP contribution is 2.44. The Bertz CT molecular complexity index is 1140. The average molecular weight is 424 g/mol. The van der Waals surface area contributed by atoms with Gasteiger partial charge in [-0.2, -0.15) is 0 Å². The number of ketones is 1. The molecule has 1 fully saturated rings. The minimum Gasteiger partial charge on any atom is -0.507 e. The number of hydrogen-bond donors (Lipinski definition) is 1. The maximum absolute atomic E-state index is 13.0. The molecule has 1 N–H and O–H groups in total. The third-order valence-corrected chi connectivity index (χ3v) is 5.36. The van der Waals surface area contributed by atoms with Gasteiger partial charge in [-0.1, -0.05) is 77.8 Å². The number of halogens is 2. The summed E-state index contributed by atoms with van der Waals surface area (Å²) in [5, 5.41) is 11.8. The largest absolute Gasteiger partial charge is 0.507 e. The minimum atomic E-state index is -0.887. The number of carbonyl (C=O) groups is 2. The van der Waals surface area contributed by atoms with Crippen molar-refractivity contribution < 1.29 is 14.7 Å². The molecule has 0 saturated carbocycles. The van der Waals surface area contributed by atoms with Gasteiger partial charge in [0.15, 0.2) is 0 Å². The Labute approximate surface area is 177 Å². The van der Waals surface area contributed by atoms with Gasteiger partial charge in [0.05, 0.1) is 11.6 Å². The van der Waals surface area contributed by atoms with Crippen molar-refractivity contribution in [3.05, 3.63) is 106 Å². The third kappa shape index (κ3) is 3.41. The van der Waals surface area contributed by atoms with Gasteiger partial charge in [-0.05, 0) is 29.8 Å². The molecule has 4 nitrogen and oxygen atoms in total. The molecule has 0 aliphatic carbocycles. The van der Waals surface area contributed by atoms with Gasteiger partial charge >= 0.3 is 0 Å². The van der Waals surface area contributed by atoms with Crippen LogP contribution in [0, 0.1) is 0 Å². The molecule has 0 bridgehead atoms. The summed E-state index contributed by atoms with van der Waals surface area (Å²) in [6, 6.07) is 21.3. The SMILES string of the molecule is O=C1C(=O)N(c2cccc(Cl)c2)[C@H](c2ccccc2Cl)/C1=C(\O)c1ccccc1. The molecule has 0 radical (unpaired) electrons. The van der Waals surface area contributed by atoms with Crippen molar-refractivity contribution in [3.63, 3.8) is 0 Å². The molecule has 1 aliphatic heterocycles. The van der Waals surface area contributed by atoms with Gasteiger partial charge in [-0.25, -0.2) is 0 Å². The number of Topliss-reactive ketones (excluding diaryl/α,β-unsaturated/α-hetero) is 1. The molecular formula is C23H15Cl2NO3. The van der Waals surface area contributed by atoms with Crippen molar-refractivity contribution in [2.75, 3.05) is 4.90 Å². The Morgan fingerprint density at radius 1 is 0.862 bits per heavy atom. The van der Waals surface area contributed by atoms with E-state index in [0.29, 0.717) is 26.9 Å². The second-order valence-corrected chi connectivity index (χ2v) is 7.38. The Kier molecular flexibility index (Phi) is 5.14. The predicted molar refractivity (Wildman–Crippen MR) is 114 cm³/mol. The molecule has 1 amide bonds. The summed E-state index contributed by atoms with van der Waals surface area (Å²) in [6.45, 7) is 0. The number of nitrogens with zero attached hydrogens (tertiary/aromatic N) is 1. The zero-order valence-corrected chi connectivity index (χ0v) is 16.6. The topological polar surface area (TPSA) is 57.6 Å². The van der Waals surface area contributed by atoms with E-state index < -0.39 is 17.7 Å². The number of aliphatic hydroxyl groups excluding tert-OH is 1. The maximum atomic E-state index is 13.0. The molecule has 1 atom stereocenters. The van der Waals surface area contributed by atoms with Crippen LogP contribution in [0.5, 0.6) is 0 Å². The van der Waals surface area contributed by atoms with Crippen molar-refractivity contribution in [2.45, 2.75) is 6.04 Å². The lowest BCUT2D eigenvalue weighted by atomic mass is 9.95. The normalized spacial score (nSPS) is 18.3. The lowest BCUT2D eigenvalue weighted by Crippen LogP contribution is -2.29. The van der Waals surface area contributed by atoms with Crippen LogP contribution in [-0.4, -0.2) is 16.8 Å². The van der Waals surface area contributed by atoms with E-state index >= 15 is 0 Å². The summed E-state index contributed by atoms with van der Waals surface area (Å²) in [5.41, 5.74) is 1.39. The van der Waals surface area contributed by atoms with Crippen molar-refractivity contribution >= 4 is 46.3 Å². The van der Waals surface area contributed by atoms with E-state index in [4.69, 9.17) is 23.2 Å². The summed E-state index contributed by atoms with van der Waals surface area (Å²) < 4.78 is 0. The fourth-order valence-electron chi connectivity index (χ4n) is 3.47. The van der Waals surface area contributed by atoms with E-state index in [0.717, 1.165) is 0 Å². The van der Waals surface area contributed by atoms with Crippen molar-refractivity contribution in [3.8, 4) is 0 Å². The molecule has 1 aliphatic rings. The highest BCUT2D eigenvalue weighted by atomic mass is 35.5. The maximum Gasteiger partial charge on any atom is 0.300 e. The summed E-state index contributed by atoms with van der Waals surface area (Å²) >= 11 is 12.5. The first-order valence-corrected chi connectivity index (χ1v) is 9.61. The van der Waals surface area contributed by atoms with E-state index in [1.165, 1.54) is 4.90 Å². The quantitative estimate of drug-likeness (QED) is 0.337. The van der Waals surface area contributed by atoms with Gasteiger partial charge in [-0.15, -0.1) is 0 Å². The molecule has 0 unspecified atom stereocenters. The lowest BCUT2D eigenvalue weighted by molar-refractivity contribution is -0.132. The monoisotopic (exact) mass is 423 g/mol. The molecule has 0 spiro atoms. The molecule has 6 heteroatoms. The van der Waals surface area contributed by atoms with Crippen LogP contribution in [0.1, 0.15) is 17.2 Å². The smallest absolute Gasteiger partial charge is 0.300 e. The molecule has 4 rings (SSSR count). The standard InChI is InChI=1S/C23H15Cl2NO3/c24-15-9-6-10-16(13-15)26-20(17-11-4-5-12-18(17)25)19(22(28)23(26)29)21(27)14-7-2-1-3-8-14/h1-13,20,27H/b21-19+/t20-/m1/s1. The molecule has 3 aromatic carbocycles. The highest BCUT2D eigenvalue weighted by Gasteiger charge is 2.47. The molecule has 29 heavy (non-hydrogen) atoms. The van der Waals surface area contributed by atoms with Crippen LogP contribution in [0.4, 0.5) is 5.69 Å². The number of amides is 1. The molecular weight excluding hydrogens is 409 g/mol. The van der Waals surface area contributed by atoms with Gasteiger partial charge in [0.2, 0.25) is 0 Å². The predicted octanol–water partition coefficient (Wildman–Crippen LogP) is 5.62. The van der Waals surface area contributed by atoms with Gasteiger partial charge in [0.25, 0.3) is 11.7 Å². The fraction of sp³-hybridized carbons (Fsp3) is 0.0435. The van der Waals surface area contributed by atoms with E-state index in [-0.39, 0.29) is 11.3 Å². The zero-order chi connectivity index (χ0) is 20.5. The van der Waals surface area contributed by atoms with E-state index in [1.807, 2.05) is 0 Å². The minimum absolute atomic E-state index is 0.0192. The van der Waals surface area contributed by atoms with Gasteiger partial charge in [0, 0.05) is 21.3 Å². The number of rotatable bonds is 3. The number of benzene rings is 3. The van der Waals surface area contributed by atoms with Crippen LogP contribution in [0.2, 0.25) is 10.0 Å². The van der Waals surface area contributed by atoms with Crippen LogP contribution in [0.15, 0.2) is 84.4 Å². The number of anilines is 1. The molecule has 1 saturated heterocycles. The molecule has 1 heterocycles. The number of carbonyl (C=O) groups excluding carboxylic acids is 2. The number of aliphatic hydroxyl groups is 1. The second-order valence-electron chi connectivity index (χ2n) is 6.54. The Morgan fingerprint density at radius 3 is 2.24 bits per heavy atom. The zero-order valence-electron chi connectivity index (χ0n) is 15.0. The fourth-order valence-corrected chi connectivity index (χ4v) is 3.89. The van der Waals surface area contributed by atoms with Crippen molar-refractivity contribution in [1.29, 1.82) is 0 Å². The highest BCUT2D eigenvalue weighted by molar-refractivity contribution is 6.52. The molecule has 144 valence electrons. The van der Waals surface area contributed by atoms with Crippen LogP contribution in [-0.2, 0) is 9.59 Å². The first-order chi connectivity index (χ1) is 14.0.